The van der Waals surface area contributed by atoms with Gasteiger partial charge >= 0.3 is 5.97 Å². The molecule has 0 aliphatic heterocycles. The van der Waals surface area contributed by atoms with Gasteiger partial charge in [0.2, 0.25) is 0 Å². The molecule has 4 heteroatoms. The lowest BCUT2D eigenvalue weighted by Crippen LogP contribution is -2.44. The standard InChI is InChI=1S/C8H17NO3/c1-5(6(9)7(10)11)12-8(2,3)4/h5-6H,9H2,1-4H3,(H,10,11). The van der Waals surface area contributed by atoms with Crippen molar-refractivity contribution in [3.8, 4) is 0 Å². The lowest BCUT2D eigenvalue weighted by Gasteiger charge is -2.26. The fourth-order valence-corrected chi connectivity index (χ4v) is 0.832. The first kappa shape index (κ1) is 11.4. The fraction of sp³-hybridized carbons (Fsp3) is 0.875. The number of aliphatic carboxylic acids is 1. The molecule has 0 saturated carbocycles. The monoisotopic (exact) mass is 175 g/mol. The predicted octanol–water partition coefficient (Wildman–Crippen LogP) is 0.602. The molecule has 0 saturated heterocycles. The van der Waals surface area contributed by atoms with E-state index in [0.717, 1.165) is 0 Å². The summed E-state index contributed by atoms with van der Waals surface area (Å²) in [5, 5.41) is 8.54. The minimum absolute atomic E-state index is 0.355. The molecule has 0 aromatic rings. The number of carboxylic acid groups (broad SMARTS) is 1. The molecule has 2 unspecified atom stereocenters. The molecule has 0 rings (SSSR count). The second-order valence-corrected chi connectivity index (χ2v) is 3.80. The summed E-state index contributed by atoms with van der Waals surface area (Å²) in [5.41, 5.74) is 4.99. The van der Waals surface area contributed by atoms with Crippen molar-refractivity contribution in [2.45, 2.75) is 45.4 Å². The van der Waals surface area contributed by atoms with Crippen LogP contribution in [0.3, 0.4) is 0 Å². The molecule has 72 valence electrons. The average Bonchev–Trinajstić information content (AvgIpc) is 1.82. The molecule has 4 nitrogen and oxygen atoms in total. The van der Waals surface area contributed by atoms with Crippen LogP contribution in [-0.4, -0.2) is 28.8 Å². The topological polar surface area (TPSA) is 72.5 Å². The molecule has 0 spiro atoms. The van der Waals surface area contributed by atoms with Crippen molar-refractivity contribution < 1.29 is 14.6 Å². The van der Waals surface area contributed by atoms with Crippen molar-refractivity contribution in [3.63, 3.8) is 0 Å². The number of carboxylic acids is 1. The highest BCUT2D eigenvalue weighted by molar-refractivity contribution is 5.73. The van der Waals surface area contributed by atoms with Crippen LogP contribution in [0.25, 0.3) is 0 Å². The van der Waals surface area contributed by atoms with E-state index in [0.29, 0.717) is 0 Å². The number of nitrogens with two attached hydrogens (primary N) is 1. The molecule has 3 N–H and O–H groups in total. The first-order valence-corrected chi connectivity index (χ1v) is 3.90. The Morgan fingerprint density at radius 3 is 2.17 bits per heavy atom. The van der Waals surface area contributed by atoms with Crippen LogP contribution in [0, 0.1) is 0 Å². The lowest BCUT2D eigenvalue weighted by atomic mass is 10.1. The van der Waals surface area contributed by atoms with Crippen molar-refractivity contribution in [3.05, 3.63) is 0 Å². The van der Waals surface area contributed by atoms with Gasteiger partial charge in [-0.15, -0.1) is 0 Å². The van der Waals surface area contributed by atoms with Crippen molar-refractivity contribution in [2.24, 2.45) is 5.73 Å². The highest BCUT2D eigenvalue weighted by Crippen LogP contribution is 2.11. The molecular weight excluding hydrogens is 158 g/mol. The number of rotatable bonds is 3. The van der Waals surface area contributed by atoms with Crippen molar-refractivity contribution in [2.75, 3.05) is 0 Å². The van der Waals surface area contributed by atoms with Gasteiger partial charge in [-0.25, -0.2) is 0 Å². The summed E-state index contributed by atoms with van der Waals surface area (Å²) in [5.74, 6) is -1.04. The Kier molecular flexibility index (Phi) is 3.67. The summed E-state index contributed by atoms with van der Waals surface area (Å²) in [6, 6.07) is -0.954. The summed E-state index contributed by atoms with van der Waals surface area (Å²) < 4.78 is 5.35. The van der Waals surface area contributed by atoms with Gasteiger partial charge < -0.3 is 15.6 Å². The van der Waals surface area contributed by atoms with E-state index in [9.17, 15) is 4.79 Å². The molecule has 0 aliphatic rings. The largest absolute Gasteiger partial charge is 0.480 e. The number of hydrogen-bond acceptors (Lipinski definition) is 3. The second kappa shape index (κ2) is 3.87. The van der Waals surface area contributed by atoms with Crippen molar-refractivity contribution >= 4 is 5.97 Å². The highest BCUT2D eigenvalue weighted by atomic mass is 16.5. The molecule has 0 amide bonds. The molecule has 0 radical (unpaired) electrons. The van der Waals surface area contributed by atoms with Gasteiger partial charge in [0.15, 0.2) is 0 Å². The Morgan fingerprint density at radius 1 is 1.50 bits per heavy atom. The summed E-state index contributed by atoms with van der Waals surface area (Å²) in [6.45, 7) is 7.23. The van der Waals surface area contributed by atoms with Crippen molar-refractivity contribution in [1.82, 2.24) is 0 Å². The van der Waals surface area contributed by atoms with Crippen LogP contribution in [0.4, 0.5) is 0 Å². The van der Waals surface area contributed by atoms with Crippen LogP contribution >= 0.6 is 0 Å². The number of ether oxygens (including phenoxy) is 1. The van der Waals surface area contributed by atoms with Gasteiger partial charge in [0, 0.05) is 0 Å². The van der Waals surface area contributed by atoms with Gasteiger partial charge in [-0.1, -0.05) is 0 Å². The minimum atomic E-state index is -1.04. The molecular formula is C8H17NO3. The maximum absolute atomic E-state index is 10.4. The summed E-state index contributed by atoms with van der Waals surface area (Å²) in [6.07, 6.45) is -0.470. The first-order valence-electron chi connectivity index (χ1n) is 3.90. The molecule has 0 heterocycles. The van der Waals surface area contributed by atoms with Gasteiger partial charge in [0.1, 0.15) is 6.04 Å². The quantitative estimate of drug-likeness (QED) is 0.659. The van der Waals surface area contributed by atoms with E-state index in [4.69, 9.17) is 15.6 Å². The zero-order chi connectivity index (χ0) is 9.94. The highest BCUT2D eigenvalue weighted by Gasteiger charge is 2.24. The number of carbonyl (C=O) groups is 1. The second-order valence-electron chi connectivity index (χ2n) is 3.80. The lowest BCUT2D eigenvalue weighted by molar-refractivity contribution is -0.145. The van der Waals surface area contributed by atoms with Gasteiger partial charge in [-0.2, -0.15) is 0 Å². The van der Waals surface area contributed by atoms with Gasteiger partial charge in [-0.3, -0.25) is 4.79 Å². The zero-order valence-electron chi connectivity index (χ0n) is 8.00. The van der Waals surface area contributed by atoms with E-state index in [1.54, 1.807) is 6.92 Å². The Balaban J connectivity index is 4.04. The van der Waals surface area contributed by atoms with E-state index in [-0.39, 0.29) is 5.60 Å². The van der Waals surface area contributed by atoms with Crippen LogP contribution in [0.15, 0.2) is 0 Å². The minimum Gasteiger partial charge on any atom is -0.480 e. The summed E-state index contributed by atoms with van der Waals surface area (Å²) in [4.78, 5) is 10.4. The molecule has 0 aromatic carbocycles. The Labute approximate surface area is 72.7 Å². The van der Waals surface area contributed by atoms with Crippen LogP contribution in [0.1, 0.15) is 27.7 Å². The van der Waals surface area contributed by atoms with Crippen LogP contribution in [0.5, 0.6) is 0 Å². The van der Waals surface area contributed by atoms with Crippen molar-refractivity contribution in [1.29, 1.82) is 0 Å². The third kappa shape index (κ3) is 4.31. The van der Waals surface area contributed by atoms with Crippen LogP contribution in [-0.2, 0) is 9.53 Å². The molecule has 0 aliphatic carbocycles. The summed E-state index contributed by atoms with van der Waals surface area (Å²) >= 11 is 0. The van der Waals surface area contributed by atoms with Crippen LogP contribution < -0.4 is 5.73 Å². The van der Waals surface area contributed by atoms with E-state index in [2.05, 4.69) is 0 Å². The molecule has 0 bridgehead atoms. The summed E-state index contributed by atoms with van der Waals surface area (Å²) in [7, 11) is 0. The Hall–Kier alpha value is -0.610. The van der Waals surface area contributed by atoms with E-state index in [1.807, 2.05) is 20.8 Å². The Morgan fingerprint density at radius 2 is 1.92 bits per heavy atom. The molecule has 0 aromatic heterocycles. The smallest absolute Gasteiger partial charge is 0.323 e. The van der Waals surface area contributed by atoms with E-state index < -0.39 is 18.1 Å². The van der Waals surface area contributed by atoms with E-state index in [1.165, 1.54) is 0 Å². The average molecular weight is 175 g/mol. The molecule has 0 fully saturated rings. The first-order chi connectivity index (χ1) is 5.24. The molecule has 2 atom stereocenters. The van der Waals surface area contributed by atoms with Crippen LogP contribution in [0.2, 0.25) is 0 Å². The molecule has 12 heavy (non-hydrogen) atoms. The van der Waals surface area contributed by atoms with Gasteiger partial charge in [-0.05, 0) is 27.7 Å². The third-order valence-corrected chi connectivity index (χ3v) is 1.33. The maximum Gasteiger partial charge on any atom is 0.323 e. The Bertz CT molecular complexity index is 162. The zero-order valence-corrected chi connectivity index (χ0v) is 8.00. The van der Waals surface area contributed by atoms with Gasteiger partial charge in [0.25, 0.3) is 0 Å². The fourth-order valence-electron chi connectivity index (χ4n) is 0.832. The normalized spacial score (nSPS) is 17.1. The number of hydrogen-bond donors (Lipinski definition) is 2. The van der Waals surface area contributed by atoms with Gasteiger partial charge in [0.05, 0.1) is 11.7 Å². The van der Waals surface area contributed by atoms with E-state index >= 15 is 0 Å². The third-order valence-electron chi connectivity index (χ3n) is 1.33. The SMILES string of the molecule is CC(OC(C)(C)C)C(N)C(=O)O. The maximum atomic E-state index is 10.4. The predicted molar refractivity (Wildman–Crippen MR) is 45.9 cm³/mol.